The van der Waals surface area contributed by atoms with Gasteiger partial charge < -0.3 is 4.74 Å². The summed E-state index contributed by atoms with van der Waals surface area (Å²) >= 11 is 0. The molecule has 0 radical (unpaired) electrons. The van der Waals surface area contributed by atoms with Gasteiger partial charge in [0.05, 0.1) is 19.7 Å². The first kappa shape index (κ1) is 10.9. The molecule has 0 fully saturated rings. The van der Waals surface area contributed by atoms with Crippen molar-refractivity contribution in [1.82, 2.24) is 4.90 Å². The first-order valence-electron chi connectivity index (χ1n) is 3.83. The average Bonchev–Trinajstić information content (AvgIpc) is 2.05. The third-order valence-corrected chi connectivity index (χ3v) is 1.46. The van der Waals surface area contributed by atoms with Crippen molar-refractivity contribution in [3.05, 3.63) is 0 Å². The van der Waals surface area contributed by atoms with E-state index in [0.717, 1.165) is 13.0 Å². The number of ether oxygens (including phenoxy) is 1. The molecule has 4 nitrogen and oxygen atoms in total. The highest BCUT2D eigenvalue weighted by Crippen LogP contribution is 1.91. The van der Waals surface area contributed by atoms with Crippen LogP contribution in [0.3, 0.4) is 0 Å². The lowest BCUT2D eigenvalue weighted by Gasteiger charge is -2.13. The standard InChI is InChI=1S/C8H14N2O2/c1-10(6-4-3-5-9)7-8(11)12-2/h3-4,6-7H2,1-2H3. The van der Waals surface area contributed by atoms with E-state index >= 15 is 0 Å². The molecule has 0 atom stereocenters. The number of hydrogen-bond donors (Lipinski definition) is 0. The number of carbonyl (C=O) groups is 1. The molecule has 0 bridgehead atoms. The number of nitrogens with zero attached hydrogens (tertiary/aromatic N) is 2. The maximum Gasteiger partial charge on any atom is 0.319 e. The molecule has 0 aromatic carbocycles. The summed E-state index contributed by atoms with van der Waals surface area (Å²) in [6.45, 7) is 1.05. The van der Waals surface area contributed by atoms with Crippen molar-refractivity contribution in [2.24, 2.45) is 0 Å². The Morgan fingerprint density at radius 2 is 2.33 bits per heavy atom. The van der Waals surface area contributed by atoms with Gasteiger partial charge in [0.2, 0.25) is 0 Å². The molecule has 68 valence electrons. The zero-order valence-corrected chi connectivity index (χ0v) is 7.54. The highest BCUT2D eigenvalue weighted by atomic mass is 16.5. The van der Waals surface area contributed by atoms with E-state index in [4.69, 9.17) is 5.26 Å². The molecule has 0 aliphatic carbocycles. The summed E-state index contributed by atoms with van der Waals surface area (Å²) in [5, 5.41) is 8.25. The monoisotopic (exact) mass is 170 g/mol. The highest BCUT2D eigenvalue weighted by Gasteiger charge is 2.04. The second kappa shape index (κ2) is 6.62. The molecular formula is C8H14N2O2. The van der Waals surface area contributed by atoms with Crippen LogP contribution in [0.15, 0.2) is 0 Å². The van der Waals surface area contributed by atoms with E-state index in [-0.39, 0.29) is 5.97 Å². The van der Waals surface area contributed by atoms with Crippen LogP contribution < -0.4 is 0 Å². The SMILES string of the molecule is COC(=O)CN(C)CCCC#N. The Morgan fingerprint density at radius 3 is 2.83 bits per heavy atom. The number of carbonyl (C=O) groups excluding carboxylic acids is 1. The van der Waals surface area contributed by atoms with Gasteiger partial charge in [-0.15, -0.1) is 0 Å². The van der Waals surface area contributed by atoms with Gasteiger partial charge in [-0.1, -0.05) is 0 Å². The average molecular weight is 170 g/mol. The molecule has 0 rings (SSSR count). The summed E-state index contributed by atoms with van der Waals surface area (Å²) < 4.78 is 4.48. The van der Waals surface area contributed by atoms with Crippen LogP contribution in [0, 0.1) is 11.3 Å². The zero-order chi connectivity index (χ0) is 9.40. The van der Waals surface area contributed by atoms with E-state index in [9.17, 15) is 4.79 Å². The summed E-state index contributed by atoms with van der Waals surface area (Å²) in [7, 11) is 3.19. The quantitative estimate of drug-likeness (QED) is 0.442. The number of methoxy groups -OCH3 is 1. The van der Waals surface area contributed by atoms with Crippen LogP contribution in [0.5, 0.6) is 0 Å². The van der Waals surface area contributed by atoms with Crippen LogP contribution in [0.25, 0.3) is 0 Å². The number of hydrogen-bond acceptors (Lipinski definition) is 4. The Balaban J connectivity index is 3.40. The van der Waals surface area contributed by atoms with E-state index in [1.54, 1.807) is 0 Å². The van der Waals surface area contributed by atoms with Gasteiger partial charge >= 0.3 is 5.97 Å². The lowest BCUT2D eigenvalue weighted by molar-refractivity contribution is -0.141. The van der Waals surface area contributed by atoms with Gasteiger partial charge in [0.1, 0.15) is 0 Å². The fourth-order valence-electron chi connectivity index (χ4n) is 0.792. The maximum atomic E-state index is 10.7. The smallest absolute Gasteiger partial charge is 0.319 e. The topological polar surface area (TPSA) is 53.3 Å². The van der Waals surface area contributed by atoms with Crippen LogP contribution in [0.2, 0.25) is 0 Å². The van der Waals surface area contributed by atoms with Crippen molar-refractivity contribution in [3.8, 4) is 6.07 Å². The zero-order valence-electron chi connectivity index (χ0n) is 7.54. The molecule has 0 heterocycles. The number of unbranched alkanes of at least 4 members (excludes halogenated alkanes) is 1. The molecule has 0 saturated carbocycles. The van der Waals surface area contributed by atoms with Crippen LogP contribution in [0.4, 0.5) is 0 Å². The van der Waals surface area contributed by atoms with Gasteiger partial charge in [-0.2, -0.15) is 5.26 Å². The Hall–Kier alpha value is -1.08. The van der Waals surface area contributed by atoms with Crippen LogP contribution in [0.1, 0.15) is 12.8 Å². The van der Waals surface area contributed by atoms with E-state index in [0.29, 0.717) is 13.0 Å². The minimum absolute atomic E-state index is 0.241. The van der Waals surface area contributed by atoms with E-state index in [2.05, 4.69) is 4.74 Å². The Bertz CT molecular complexity index is 174. The van der Waals surface area contributed by atoms with Gasteiger partial charge in [0, 0.05) is 6.42 Å². The number of nitriles is 1. The number of esters is 1. The van der Waals surface area contributed by atoms with Crippen LogP contribution >= 0.6 is 0 Å². The molecule has 0 amide bonds. The van der Waals surface area contributed by atoms with Gasteiger partial charge in [-0.3, -0.25) is 9.69 Å². The van der Waals surface area contributed by atoms with Crippen molar-refractivity contribution in [1.29, 1.82) is 5.26 Å². The molecule has 0 aliphatic heterocycles. The van der Waals surface area contributed by atoms with Crippen molar-refractivity contribution in [2.75, 3.05) is 27.2 Å². The summed E-state index contributed by atoms with van der Waals surface area (Å²) in [6, 6.07) is 2.05. The molecule has 0 saturated heterocycles. The Morgan fingerprint density at radius 1 is 1.67 bits per heavy atom. The Kier molecular flexibility index (Phi) is 6.02. The molecule has 4 heteroatoms. The minimum atomic E-state index is -0.241. The predicted octanol–water partition coefficient (Wildman–Crippen LogP) is 0.395. The third-order valence-electron chi connectivity index (χ3n) is 1.46. The largest absolute Gasteiger partial charge is 0.468 e. The van der Waals surface area contributed by atoms with Crippen LogP contribution in [-0.2, 0) is 9.53 Å². The lowest BCUT2D eigenvalue weighted by atomic mass is 10.3. The normalized spacial score (nSPS) is 9.50. The first-order chi connectivity index (χ1) is 5.70. The number of likely N-dealkylation sites (N-methyl/N-ethyl adjacent to an activating group) is 1. The summed E-state index contributed by atoms with van der Waals surface area (Å²) in [6.07, 6.45) is 1.33. The van der Waals surface area contributed by atoms with Crippen LogP contribution in [-0.4, -0.2) is 38.1 Å². The summed E-state index contributed by atoms with van der Waals surface area (Å²) in [5.41, 5.74) is 0. The highest BCUT2D eigenvalue weighted by molar-refractivity contribution is 5.71. The molecule has 0 aliphatic rings. The van der Waals surface area contributed by atoms with Crippen molar-refractivity contribution < 1.29 is 9.53 Å². The van der Waals surface area contributed by atoms with Gasteiger partial charge in [0.25, 0.3) is 0 Å². The second-order valence-corrected chi connectivity index (χ2v) is 2.58. The molecule has 0 N–H and O–H groups in total. The first-order valence-corrected chi connectivity index (χ1v) is 3.83. The molecule has 12 heavy (non-hydrogen) atoms. The predicted molar refractivity (Wildman–Crippen MR) is 44.4 cm³/mol. The fourth-order valence-corrected chi connectivity index (χ4v) is 0.792. The van der Waals surface area contributed by atoms with Crippen molar-refractivity contribution in [3.63, 3.8) is 0 Å². The molecule has 0 aromatic rings. The van der Waals surface area contributed by atoms with Gasteiger partial charge in [-0.05, 0) is 20.0 Å². The minimum Gasteiger partial charge on any atom is -0.468 e. The maximum absolute atomic E-state index is 10.7. The van der Waals surface area contributed by atoms with E-state index in [1.165, 1.54) is 7.11 Å². The van der Waals surface area contributed by atoms with E-state index in [1.807, 2.05) is 18.0 Å². The molecule has 0 aromatic heterocycles. The van der Waals surface area contributed by atoms with Crippen molar-refractivity contribution >= 4 is 5.97 Å². The number of rotatable bonds is 5. The molecule has 0 spiro atoms. The fraction of sp³-hybridized carbons (Fsp3) is 0.750. The Labute approximate surface area is 72.7 Å². The van der Waals surface area contributed by atoms with Gasteiger partial charge in [0.15, 0.2) is 0 Å². The third kappa shape index (κ3) is 5.69. The molecule has 0 unspecified atom stereocenters. The summed E-state index contributed by atoms with van der Waals surface area (Å²) in [5.74, 6) is -0.241. The molecular weight excluding hydrogens is 156 g/mol. The van der Waals surface area contributed by atoms with Crippen molar-refractivity contribution in [2.45, 2.75) is 12.8 Å². The summed E-state index contributed by atoms with van der Waals surface area (Å²) in [4.78, 5) is 12.6. The van der Waals surface area contributed by atoms with E-state index < -0.39 is 0 Å². The lowest BCUT2D eigenvalue weighted by Crippen LogP contribution is -2.27. The van der Waals surface area contributed by atoms with Gasteiger partial charge in [-0.25, -0.2) is 0 Å². The second-order valence-electron chi connectivity index (χ2n) is 2.58.